The third-order valence-corrected chi connectivity index (χ3v) is 8.62. The van der Waals surface area contributed by atoms with E-state index in [-0.39, 0.29) is 17.3 Å². The van der Waals surface area contributed by atoms with Crippen LogP contribution in [0.1, 0.15) is 23.6 Å². The second-order valence-electron chi connectivity index (χ2n) is 11.3. The third kappa shape index (κ3) is 3.82. The minimum atomic E-state index is -0.398. The number of aromatic nitrogens is 2. The molecule has 0 N–H and O–H groups in total. The number of anilines is 2. The van der Waals surface area contributed by atoms with Crippen molar-refractivity contribution in [3.8, 4) is 0 Å². The van der Waals surface area contributed by atoms with Crippen LogP contribution in [0.4, 0.5) is 17.1 Å². The lowest BCUT2D eigenvalue weighted by molar-refractivity contribution is -0.384. The van der Waals surface area contributed by atoms with Gasteiger partial charge in [0.1, 0.15) is 5.65 Å². The van der Waals surface area contributed by atoms with Crippen LogP contribution in [-0.2, 0) is 0 Å². The molecular weight excluding hydrogens is 552 g/mol. The summed E-state index contributed by atoms with van der Waals surface area (Å²) in [5.74, 6) is 0. The number of fused-ring (bicyclic) bond motifs is 4. The van der Waals surface area contributed by atoms with Crippen molar-refractivity contribution < 1.29 is 4.92 Å². The first-order chi connectivity index (χ1) is 21.4. The molecule has 0 saturated carbocycles. The van der Waals surface area contributed by atoms with E-state index in [1.807, 2.05) is 73.7 Å². The van der Waals surface area contributed by atoms with Crippen molar-refractivity contribution >= 4 is 61.0 Å². The van der Waals surface area contributed by atoms with E-state index in [0.717, 1.165) is 55.4 Å². The standard InChI is InChI=1S/C35H26N6O3/c1-38(2)22-12-10-21(11-13-22)32-20-30(37-40(32)23-14-16-24(17-15-23)41(43)44)25-18-19-28-33-26(25)6-5-7-27(33)34-36-29-8-3-4-9-31(29)39(34)35(28)42/h3-19,32H,20H2,1-2H3/t32-/m1/s1. The van der Waals surface area contributed by atoms with E-state index >= 15 is 0 Å². The monoisotopic (exact) mass is 578 g/mol. The fourth-order valence-corrected chi connectivity index (χ4v) is 6.45. The summed E-state index contributed by atoms with van der Waals surface area (Å²) < 4.78 is 1.71. The van der Waals surface area contributed by atoms with Crippen molar-refractivity contribution in [1.82, 2.24) is 9.38 Å². The van der Waals surface area contributed by atoms with Crippen molar-refractivity contribution in [3.05, 3.63) is 135 Å². The number of nitrogens with zero attached hydrogens (tertiary/aromatic N) is 6. The molecule has 2 aromatic heterocycles. The van der Waals surface area contributed by atoms with E-state index in [4.69, 9.17) is 10.1 Å². The minimum Gasteiger partial charge on any atom is -0.378 e. The predicted molar refractivity (Wildman–Crippen MR) is 175 cm³/mol. The highest BCUT2D eigenvalue weighted by atomic mass is 16.6. The maximum Gasteiger partial charge on any atom is 0.269 e. The Bertz CT molecular complexity index is 2340. The number of non-ortho nitro benzene ring substituents is 1. The maximum absolute atomic E-state index is 13.9. The van der Waals surface area contributed by atoms with E-state index in [0.29, 0.717) is 17.5 Å². The van der Waals surface area contributed by atoms with Gasteiger partial charge >= 0.3 is 0 Å². The predicted octanol–water partition coefficient (Wildman–Crippen LogP) is 6.92. The lowest BCUT2D eigenvalue weighted by atomic mass is 9.92. The van der Waals surface area contributed by atoms with E-state index in [2.05, 4.69) is 29.2 Å². The number of nitro benzene ring substituents is 1. The molecule has 9 nitrogen and oxygen atoms in total. The van der Waals surface area contributed by atoms with Crippen LogP contribution < -0.4 is 15.5 Å². The molecule has 0 unspecified atom stereocenters. The first-order valence-corrected chi connectivity index (χ1v) is 14.4. The molecule has 214 valence electrons. The lowest BCUT2D eigenvalue weighted by Gasteiger charge is -2.24. The second kappa shape index (κ2) is 9.60. The Labute approximate surface area is 251 Å². The quantitative estimate of drug-likeness (QED) is 0.162. The van der Waals surface area contributed by atoms with Crippen LogP contribution in [0.2, 0.25) is 0 Å². The van der Waals surface area contributed by atoms with E-state index < -0.39 is 4.92 Å². The number of hydrogen-bond acceptors (Lipinski definition) is 7. The van der Waals surface area contributed by atoms with Crippen LogP contribution in [0.15, 0.2) is 113 Å². The molecular formula is C35H26N6O3. The van der Waals surface area contributed by atoms with Gasteiger partial charge < -0.3 is 4.90 Å². The fourth-order valence-electron chi connectivity index (χ4n) is 6.45. The van der Waals surface area contributed by atoms with E-state index in [1.165, 1.54) is 12.1 Å². The molecule has 3 heterocycles. The summed E-state index contributed by atoms with van der Waals surface area (Å²) in [6.45, 7) is 0. The SMILES string of the molecule is CN(C)c1ccc([C@H]2CC(c3ccc4c(=O)n5c6ccccc6nc5c5cccc3c45)=NN2c2ccc([N+](=O)[O-])cc2)cc1. The molecule has 1 aliphatic rings. The van der Waals surface area contributed by atoms with Gasteiger partial charge in [0.15, 0.2) is 0 Å². The highest BCUT2D eigenvalue weighted by Crippen LogP contribution is 2.40. The number of benzene rings is 5. The second-order valence-corrected chi connectivity index (χ2v) is 11.3. The Morgan fingerprint density at radius 1 is 0.841 bits per heavy atom. The van der Waals surface area contributed by atoms with Gasteiger partial charge in [0, 0.05) is 60.1 Å². The Morgan fingerprint density at radius 2 is 1.59 bits per heavy atom. The van der Waals surface area contributed by atoms with Gasteiger partial charge in [-0.15, -0.1) is 0 Å². The zero-order valence-corrected chi connectivity index (χ0v) is 24.0. The highest BCUT2D eigenvalue weighted by Gasteiger charge is 2.31. The van der Waals surface area contributed by atoms with Gasteiger partial charge in [0.05, 0.1) is 33.4 Å². The number of pyridine rings is 1. The number of hydrogen-bond donors (Lipinski definition) is 0. The highest BCUT2D eigenvalue weighted by molar-refractivity contribution is 6.22. The van der Waals surface area contributed by atoms with E-state index in [1.54, 1.807) is 16.5 Å². The zero-order valence-electron chi connectivity index (χ0n) is 24.0. The molecule has 1 aliphatic heterocycles. The Kier molecular flexibility index (Phi) is 5.64. The normalized spacial score (nSPS) is 15.1. The average Bonchev–Trinajstić information content (AvgIpc) is 3.66. The van der Waals surface area contributed by atoms with Crippen LogP contribution >= 0.6 is 0 Å². The van der Waals surface area contributed by atoms with Crippen molar-refractivity contribution in [2.45, 2.75) is 12.5 Å². The summed E-state index contributed by atoms with van der Waals surface area (Å²) in [5.41, 5.74) is 6.91. The molecule has 8 rings (SSSR count). The van der Waals surface area contributed by atoms with Gasteiger partial charge in [-0.2, -0.15) is 5.10 Å². The van der Waals surface area contributed by atoms with Gasteiger partial charge in [-0.3, -0.25) is 24.3 Å². The maximum atomic E-state index is 13.9. The summed E-state index contributed by atoms with van der Waals surface area (Å²) in [4.78, 5) is 31.7. The van der Waals surface area contributed by atoms with Gasteiger partial charge in [-0.1, -0.05) is 48.5 Å². The first-order valence-electron chi connectivity index (χ1n) is 14.4. The molecule has 0 saturated heterocycles. The van der Waals surface area contributed by atoms with E-state index in [9.17, 15) is 14.9 Å². The molecule has 0 spiro atoms. The average molecular weight is 579 g/mol. The van der Waals surface area contributed by atoms with Crippen molar-refractivity contribution in [2.75, 3.05) is 24.0 Å². The molecule has 5 aromatic carbocycles. The van der Waals surface area contributed by atoms with Crippen LogP contribution in [0.3, 0.4) is 0 Å². The number of hydrazone groups is 1. The van der Waals surface area contributed by atoms with Gasteiger partial charge in [-0.25, -0.2) is 4.98 Å². The number of nitro groups is 1. The number of para-hydroxylation sites is 2. The van der Waals surface area contributed by atoms with Crippen LogP contribution in [0.5, 0.6) is 0 Å². The molecule has 0 radical (unpaired) electrons. The largest absolute Gasteiger partial charge is 0.378 e. The number of imidazole rings is 1. The lowest BCUT2D eigenvalue weighted by Crippen LogP contribution is -2.18. The summed E-state index contributed by atoms with van der Waals surface area (Å²) >= 11 is 0. The first kappa shape index (κ1) is 25.8. The fraction of sp³-hybridized carbons (Fsp3) is 0.114. The molecule has 0 aliphatic carbocycles. The summed E-state index contributed by atoms with van der Waals surface area (Å²) in [6, 6.07) is 32.4. The van der Waals surface area contributed by atoms with Crippen LogP contribution in [0, 0.1) is 10.1 Å². The smallest absolute Gasteiger partial charge is 0.269 e. The molecule has 9 heteroatoms. The summed E-state index contributed by atoms with van der Waals surface area (Å²) in [6.07, 6.45) is 0.615. The molecule has 0 fully saturated rings. The number of rotatable bonds is 5. The zero-order chi connectivity index (χ0) is 30.1. The van der Waals surface area contributed by atoms with Gasteiger partial charge in [0.25, 0.3) is 11.2 Å². The van der Waals surface area contributed by atoms with Gasteiger partial charge in [-0.05, 0) is 53.4 Å². The minimum absolute atomic E-state index is 0.0308. The van der Waals surface area contributed by atoms with Crippen molar-refractivity contribution in [1.29, 1.82) is 0 Å². The van der Waals surface area contributed by atoms with Crippen LogP contribution in [0.25, 0.3) is 38.2 Å². The van der Waals surface area contributed by atoms with Crippen molar-refractivity contribution in [3.63, 3.8) is 0 Å². The molecule has 44 heavy (non-hydrogen) atoms. The third-order valence-electron chi connectivity index (χ3n) is 8.62. The Morgan fingerprint density at radius 3 is 2.34 bits per heavy atom. The molecule has 0 amide bonds. The van der Waals surface area contributed by atoms with Gasteiger partial charge in [0.2, 0.25) is 0 Å². The molecule has 1 atom stereocenters. The topological polar surface area (TPSA) is 96.3 Å². The molecule has 0 bridgehead atoms. The Balaban J connectivity index is 1.31. The summed E-state index contributed by atoms with van der Waals surface area (Å²) in [7, 11) is 4.01. The molecule has 7 aromatic rings. The van der Waals surface area contributed by atoms with Crippen molar-refractivity contribution in [2.24, 2.45) is 5.10 Å². The Hall–Kier alpha value is -5.83. The van der Waals surface area contributed by atoms with Crippen LogP contribution in [-0.4, -0.2) is 34.1 Å². The summed E-state index contributed by atoms with van der Waals surface area (Å²) in [5, 5.41) is 21.8.